The van der Waals surface area contributed by atoms with Crippen molar-refractivity contribution in [2.45, 2.75) is 13.0 Å². The fourth-order valence-corrected chi connectivity index (χ4v) is 0.990. The first kappa shape index (κ1) is 11.3. The summed E-state index contributed by atoms with van der Waals surface area (Å²) in [5.41, 5.74) is 0. The van der Waals surface area contributed by atoms with Crippen LogP contribution in [0.25, 0.3) is 0 Å². The summed E-state index contributed by atoms with van der Waals surface area (Å²) >= 11 is 3.96. The van der Waals surface area contributed by atoms with Crippen LogP contribution in [0.3, 0.4) is 0 Å². The summed E-state index contributed by atoms with van der Waals surface area (Å²) in [4.78, 5) is 23.3. The highest BCUT2D eigenvalue weighted by molar-refractivity contribution is 7.80. The largest absolute Gasteiger partial charge is 0.347 e. The normalized spacial score (nSPS) is 12.0. The van der Waals surface area contributed by atoms with E-state index in [2.05, 4.69) is 17.9 Å². The van der Waals surface area contributed by atoms with Crippen LogP contribution in [0.1, 0.15) is 6.92 Å². The molecule has 0 aromatic heterocycles. The third-order valence-corrected chi connectivity index (χ3v) is 1.66. The Kier molecular flexibility index (Phi) is 4.73. The van der Waals surface area contributed by atoms with Crippen LogP contribution < -0.4 is 5.32 Å². The Morgan fingerprint density at radius 1 is 1.50 bits per heavy atom. The summed E-state index contributed by atoms with van der Waals surface area (Å²) in [6.07, 6.45) is 0. The summed E-state index contributed by atoms with van der Waals surface area (Å²) in [5, 5.41) is 2.50. The van der Waals surface area contributed by atoms with E-state index in [9.17, 15) is 9.59 Å². The number of rotatable bonds is 3. The molecule has 4 nitrogen and oxygen atoms in total. The van der Waals surface area contributed by atoms with E-state index in [-0.39, 0.29) is 11.8 Å². The zero-order valence-corrected chi connectivity index (χ0v) is 8.39. The summed E-state index contributed by atoms with van der Waals surface area (Å²) in [5.74, 6) is -0.0409. The minimum atomic E-state index is -0.513. The average Bonchev–Trinajstić information content (AvgIpc) is 1.98. The number of nitrogens with zero attached hydrogens (tertiary/aromatic N) is 1. The molecule has 1 N–H and O–H groups in total. The van der Waals surface area contributed by atoms with Crippen molar-refractivity contribution in [3.63, 3.8) is 0 Å². The smallest absolute Gasteiger partial charge is 0.245 e. The first-order valence-corrected chi connectivity index (χ1v) is 4.21. The molecule has 5 heteroatoms. The van der Waals surface area contributed by atoms with Gasteiger partial charge in [-0.3, -0.25) is 9.59 Å². The van der Waals surface area contributed by atoms with Crippen molar-refractivity contribution in [2.75, 3.05) is 19.8 Å². The van der Waals surface area contributed by atoms with Gasteiger partial charge in [0.2, 0.25) is 11.8 Å². The van der Waals surface area contributed by atoms with Crippen molar-refractivity contribution in [2.24, 2.45) is 0 Å². The monoisotopic (exact) mass is 190 g/mol. The van der Waals surface area contributed by atoms with E-state index in [1.54, 1.807) is 14.1 Å². The predicted octanol–water partition coefficient (Wildman–Crippen LogP) is -0.491. The first-order chi connectivity index (χ1) is 5.49. The van der Waals surface area contributed by atoms with Gasteiger partial charge >= 0.3 is 0 Å². The Morgan fingerprint density at radius 2 is 2.00 bits per heavy atom. The van der Waals surface area contributed by atoms with Gasteiger partial charge in [-0.05, 0) is 0 Å². The van der Waals surface area contributed by atoms with Gasteiger partial charge in [0.15, 0.2) is 0 Å². The van der Waals surface area contributed by atoms with Crippen LogP contribution >= 0.6 is 12.6 Å². The molecule has 0 saturated heterocycles. The van der Waals surface area contributed by atoms with Crippen LogP contribution in [0.4, 0.5) is 0 Å². The molecule has 0 aromatic rings. The van der Waals surface area contributed by atoms with Crippen molar-refractivity contribution in [3.8, 4) is 0 Å². The van der Waals surface area contributed by atoms with Gasteiger partial charge in [-0.1, -0.05) is 0 Å². The highest BCUT2D eigenvalue weighted by atomic mass is 32.1. The van der Waals surface area contributed by atoms with E-state index < -0.39 is 6.04 Å². The van der Waals surface area contributed by atoms with Crippen molar-refractivity contribution >= 4 is 24.4 Å². The van der Waals surface area contributed by atoms with E-state index in [0.717, 1.165) is 0 Å². The summed E-state index contributed by atoms with van der Waals surface area (Å²) < 4.78 is 0. The second-order valence-electron chi connectivity index (χ2n) is 2.67. The fraction of sp³-hybridized carbons (Fsp3) is 0.714. The van der Waals surface area contributed by atoms with Gasteiger partial charge in [0.05, 0.1) is 0 Å². The van der Waals surface area contributed by atoms with Crippen molar-refractivity contribution < 1.29 is 9.59 Å². The predicted molar refractivity (Wildman–Crippen MR) is 50.2 cm³/mol. The second kappa shape index (κ2) is 5.03. The van der Waals surface area contributed by atoms with Crippen LogP contribution in [-0.4, -0.2) is 42.6 Å². The van der Waals surface area contributed by atoms with E-state index in [4.69, 9.17) is 0 Å². The van der Waals surface area contributed by atoms with Gasteiger partial charge in [-0.25, -0.2) is 0 Å². The Hall–Kier alpha value is -0.710. The lowest BCUT2D eigenvalue weighted by Gasteiger charge is -2.18. The summed E-state index contributed by atoms with van der Waals surface area (Å²) in [6, 6.07) is -0.513. The number of thiol groups is 1. The first-order valence-electron chi connectivity index (χ1n) is 3.58. The van der Waals surface area contributed by atoms with Crippen LogP contribution in [0.15, 0.2) is 0 Å². The van der Waals surface area contributed by atoms with E-state index in [1.807, 2.05) is 0 Å². The van der Waals surface area contributed by atoms with Crippen LogP contribution in [0.5, 0.6) is 0 Å². The summed E-state index contributed by atoms with van der Waals surface area (Å²) in [7, 11) is 3.28. The molecule has 0 spiro atoms. The molecule has 0 radical (unpaired) electrons. The number of carbonyl (C=O) groups is 2. The van der Waals surface area contributed by atoms with Crippen LogP contribution in [0.2, 0.25) is 0 Å². The van der Waals surface area contributed by atoms with E-state index in [0.29, 0.717) is 5.75 Å². The quantitative estimate of drug-likeness (QED) is 0.590. The lowest BCUT2D eigenvalue weighted by atomic mass is 10.3. The maximum absolute atomic E-state index is 11.3. The topological polar surface area (TPSA) is 49.4 Å². The maximum atomic E-state index is 11.3. The fourth-order valence-electron chi connectivity index (χ4n) is 0.743. The highest BCUT2D eigenvalue weighted by Crippen LogP contribution is 1.92. The molecule has 0 aliphatic heterocycles. The number of hydrogen-bond donors (Lipinski definition) is 2. The molecule has 0 rings (SSSR count). The number of nitrogens with one attached hydrogen (secondary N) is 1. The zero-order valence-electron chi connectivity index (χ0n) is 7.50. The molecule has 0 saturated carbocycles. The zero-order chi connectivity index (χ0) is 9.72. The molecule has 0 aliphatic rings. The molecule has 70 valence electrons. The van der Waals surface area contributed by atoms with Gasteiger partial charge in [-0.2, -0.15) is 12.6 Å². The Bertz CT molecular complexity index is 182. The third-order valence-electron chi connectivity index (χ3n) is 1.30. The minimum absolute atomic E-state index is 0.139. The van der Waals surface area contributed by atoms with Crippen LogP contribution in [-0.2, 0) is 9.59 Å². The van der Waals surface area contributed by atoms with Gasteiger partial charge in [-0.15, -0.1) is 0 Å². The third kappa shape index (κ3) is 3.61. The lowest BCUT2D eigenvalue weighted by molar-refractivity contribution is -0.133. The number of hydrogen-bond acceptors (Lipinski definition) is 3. The Balaban J connectivity index is 4.15. The maximum Gasteiger partial charge on any atom is 0.245 e. The van der Waals surface area contributed by atoms with E-state index in [1.165, 1.54) is 11.8 Å². The molecule has 1 atom stereocenters. The molecule has 2 amide bonds. The van der Waals surface area contributed by atoms with Gasteiger partial charge in [0.1, 0.15) is 6.04 Å². The Labute approximate surface area is 77.7 Å². The minimum Gasteiger partial charge on any atom is -0.347 e. The molecule has 0 aromatic carbocycles. The molecule has 0 heterocycles. The molecule has 0 fully saturated rings. The van der Waals surface area contributed by atoms with Crippen molar-refractivity contribution in [1.29, 1.82) is 0 Å². The number of amides is 2. The number of carbonyl (C=O) groups excluding carboxylic acids is 2. The molecule has 0 aliphatic carbocycles. The average molecular weight is 190 g/mol. The summed E-state index contributed by atoms with van der Waals surface area (Å²) in [6.45, 7) is 1.37. The second-order valence-corrected chi connectivity index (χ2v) is 3.03. The molecule has 0 bridgehead atoms. The van der Waals surface area contributed by atoms with Crippen molar-refractivity contribution in [1.82, 2.24) is 10.2 Å². The van der Waals surface area contributed by atoms with Gasteiger partial charge < -0.3 is 10.2 Å². The van der Waals surface area contributed by atoms with Gasteiger partial charge in [0, 0.05) is 26.8 Å². The molecule has 12 heavy (non-hydrogen) atoms. The highest BCUT2D eigenvalue weighted by Gasteiger charge is 2.18. The van der Waals surface area contributed by atoms with Gasteiger partial charge in [0.25, 0.3) is 0 Å². The number of likely N-dealkylation sites (N-methyl/N-ethyl adjacent to an activating group) is 1. The standard InChI is InChI=1S/C7H14N2O2S/c1-5(10)8-6(4-12)7(11)9(2)3/h6,12H,4H2,1-3H3,(H,8,10)/t6-/m0/s1. The lowest BCUT2D eigenvalue weighted by Crippen LogP contribution is -2.46. The van der Waals surface area contributed by atoms with Crippen molar-refractivity contribution in [3.05, 3.63) is 0 Å². The molecule has 0 unspecified atom stereocenters. The molecular formula is C7H14N2O2S. The molecular weight excluding hydrogens is 176 g/mol. The SMILES string of the molecule is CC(=O)N[C@@H](CS)C(=O)N(C)C. The van der Waals surface area contributed by atoms with Crippen LogP contribution in [0, 0.1) is 0 Å². The Morgan fingerprint density at radius 3 is 2.25 bits per heavy atom. The van der Waals surface area contributed by atoms with E-state index >= 15 is 0 Å².